The van der Waals surface area contributed by atoms with E-state index < -0.39 is 24.3 Å². The van der Waals surface area contributed by atoms with Crippen LogP contribution >= 0.6 is 0 Å². The highest BCUT2D eigenvalue weighted by molar-refractivity contribution is 5.70. The SMILES string of the molecule is CC/C=C\C/C=C\C/C=C\C/C=C\CCCCCCCCCCCCC(=O)OC(COC(=O)CCCCCCCCCCCCCCC/C=C\C/C=C\CCCCCCC)COC(OCC[N+](C)(C)C)C(=O)[O-]. The number of likely N-dealkylation sites (N-methyl/N-ethyl adjacent to an activating group) is 1. The van der Waals surface area contributed by atoms with Crippen LogP contribution in [0.2, 0.25) is 0 Å². The van der Waals surface area contributed by atoms with Gasteiger partial charge in [0.05, 0.1) is 40.3 Å². The molecule has 0 radical (unpaired) electrons. The Morgan fingerprint density at radius 3 is 1.16 bits per heavy atom. The number of unbranched alkanes of at least 4 members (excludes halogenated alkanes) is 28. The quantitative estimate of drug-likeness (QED) is 0.0195. The van der Waals surface area contributed by atoms with Gasteiger partial charge in [-0.2, -0.15) is 0 Å². The van der Waals surface area contributed by atoms with E-state index in [0.717, 1.165) is 77.0 Å². The third-order valence-electron chi connectivity index (χ3n) is 12.9. The van der Waals surface area contributed by atoms with Gasteiger partial charge >= 0.3 is 11.9 Å². The molecule has 0 saturated heterocycles. The van der Waals surface area contributed by atoms with Gasteiger partial charge in [0.2, 0.25) is 0 Å². The van der Waals surface area contributed by atoms with E-state index in [1.54, 1.807) is 0 Å². The number of carboxylic acids is 1. The van der Waals surface area contributed by atoms with Gasteiger partial charge < -0.3 is 33.3 Å². The molecule has 0 aliphatic rings. The van der Waals surface area contributed by atoms with Crippen LogP contribution in [0.15, 0.2) is 72.9 Å². The Bertz CT molecular complexity index is 1420. The number of ether oxygens (including phenoxy) is 4. The molecular formula is C64H113NO8. The zero-order chi connectivity index (χ0) is 53.4. The molecule has 0 aromatic heterocycles. The van der Waals surface area contributed by atoms with Gasteiger partial charge in [-0.3, -0.25) is 9.59 Å². The van der Waals surface area contributed by atoms with E-state index in [2.05, 4.69) is 86.8 Å². The van der Waals surface area contributed by atoms with Gasteiger partial charge in [0.15, 0.2) is 12.4 Å². The molecule has 0 spiro atoms. The lowest BCUT2D eigenvalue weighted by Gasteiger charge is -2.26. The molecule has 0 amide bonds. The lowest BCUT2D eigenvalue weighted by molar-refractivity contribution is -0.870. The van der Waals surface area contributed by atoms with Crippen LogP contribution in [0.4, 0.5) is 0 Å². The lowest BCUT2D eigenvalue weighted by atomic mass is 10.0. The maximum absolute atomic E-state index is 12.9. The molecule has 2 unspecified atom stereocenters. The van der Waals surface area contributed by atoms with E-state index in [1.807, 2.05) is 21.1 Å². The van der Waals surface area contributed by atoms with Crippen molar-refractivity contribution in [3.63, 3.8) is 0 Å². The van der Waals surface area contributed by atoms with Crippen LogP contribution in [-0.4, -0.2) is 82.3 Å². The number of quaternary nitrogens is 1. The number of esters is 2. The highest BCUT2D eigenvalue weighted by Crippen LogP contribution is 2.16. The standard InChI is InChI=1S/C64H113NO8/c1-6-8-10-12-14-16-18-20-22-24-26-28-30-31-33-34-36-38-40-42-44-46-48-50-52-54-61(66)71-58-60(59-72-64(63(68)69)70-57-56-65(3,4)5)73-62(67)55-53-51-49-47-45-43-41-39-37-35-32-29-27-25-23-21-19-17-15-13-11-9-7-2/h9,11,15,17-18,20-21,23-24,26-27,29,60,64H,6-8,10,12-14,16,19,22,25,28,30-59H2,1-5H3/b11-9-,17-15-,20-18-,23-21-,26-24-,29-27-. The monoisotopic (exact) mass is 1020 g/mol. The van der Waals surface area contributed by atoms with Gasteiger partial charge in [-0.15, -0.1) is 0 Å². The summed E-state index contributed by atoms with van der Waals surface area (Å²) in [4.78, 5) is 37.3. The summed E-state index contributed by atoms with van der Waals surface area (Å²) in [6.45, 7) is 4.64. The summed E-state index contributed by atoms with van der Waals surface area (Å²) >= 11 is 0. The summed E-state index contributed by atoms with van der Waals surface area (Å²) in [5.74, 6) is -2.28. The van der Waals surface area contributed by atoms with Gasteiger partial charge in [0.25, 0.3) is 0 Å². The summed E-state index contributed by atoms with van der Waals surface area (Å²) in [6, 6.07) is 0. The van der Waals surface area contributed by atoms with Crippen LogP contribution in [-0.2, 0) is 33.3 Å². The average molecular weight is 1020 g/mol. The van der Waals surface area contributed by atoms with E-state index >= 15 is 0 Å². The largest absolute Gasteiger partial charge is 0.545 e. The molecule has 0 aromatic rings. The maximum atomic E-state index is 12.9. The molecule has 9 nitrogen and oxygen atoms in total. The van der Waals surface area contributed by atoms with Crippen LogP contribution in [0.1, 0.15) is 258 Å². The van der Waals surface area contributed by atoms with Gasteiger partial charge in [0.1, 0.15) is 13.2 Å². The first kappa shape index (κ1) is 69.7. The fraction of sp³-hybridized carbons (Fsp3) is 0.766. The summed E-state index contributed by atoms with van der Waals surface area (Å²) < 4.78 is 22.7. The number of hydrogen-bond donors (Lipinski definition) is 0. The van der Waals surface area contributed by atoms with Crippen LogP contribution in [0, 0.1) is 0 Å². The van der Waals surface area contributed by atoms with Gasteiger partial charge in [-0.1, -0.05) is 234 Å². The predicted octanol–water partition coefficient (Wildman–Crippen LogP) is 16.5. The zero-order valence-corrected chi connectivity index (χ0v) is 48.0. The Morgan fingerprint density at radius 1 is 0.425 bits per heavy atom. The molecule has 0 aliphatic carbocycles. The molecule has 0 rings (SSSR count). The number of carbonyl (C=O) groups excluding carboxylic acids is 3. The Balaban J connectivity index is 4.22. The van der Waals surface area contributed by atoms with Crippen molar-refractivity contribution in [2.75, 3.05) is 47.5 Å². The van der Waals surface area contributed by atoms with E-state index in [0.29, 0.717) is 17.4 Å². The van der Waals surface area contributed by atoms with Crippen LogP contribution in [0.25, 0.3) is 0 Å². The third kappa shape index (κ3) is 56.3. The number of rotatable bonds is 55. The van der Waals surface area contributed by atoms with E-state index in [9.17, 15) is 19.5 Å². The Morgan fingerprint density at radius 2 is 0.781 bits per heavy atom. The second kappa shape index (κ2) is 55.0. The van der Waals surface area contributed by atoms with E-state index in [1.165, 1.54) is 148 Å². The normalized spacial score (nSPS) is 13.3. The minimum atomic E-state index is -1.63. The van der Waals surface area contributed by atoms with Crippen molar-refractivity contribution in [2.45, 2.75) is 270 Å². The van der Waals surface area contributed by atoms with Gasteiger partial charge in [0, 0.05) is 12.8 Å². The minimum absolute atomic E-state index is 0.145. The maximum Gasteiger partial charge on any atom is 0.306 e. The second-order valence-electron chi connectivity index (χ2n) is 21.3. The van der Waals surface area contributed by atoms with Crippen molar-refractivity contribution < 1.29 is 42.9 Å². The molecular weight excluding hydrogens is 911 g/mol. The van der Waals surface area contributed by atoms with Crippen LogP contribution < -0.4 is 5.11 Å². The van der Waals surface area contributed by atoms with Crippen molar-refractivity contribution in [3.8, 4) is 0 Å². The predicted molar refractivity (Wildman–Crippen MR) is 306 cm³/mol. The molecule has 0 N–H and O–H groups in total. The zero-order valence-electron chi connectivity index (χ0n) is 48.0. The fourth-order valence-electron chi connectivity index (χ4n) is 8.32. The first-order chi connectivity index (χ1) is 35.6. The van der Waals surface area contributed by atoms with Crippen molar-refractivity contribution in [2.24, 2.45) is 0 Å². The number of aliphatic carboxylic acids is 1. The molecule has 2 atom stereocenters. The molecule has 0 fully saturated rings. The van der Waals surface area contributed by atoms with E-state index in [-0.39, 0.29) is 38.6 Å². The van der Waals surface area contributed by atoms with Crippen LogP contribution in [0.3, 0.4) is 0 Å². The lowest BCUT2D eigenvalue weighted by Crippen LogP contribution is -2.44. The summed E-state index contributed by atoms with van der Waals surface area (Å²) in [7, 11) is 5.92. The molecule has 0 bridgehead atoms. The van der Waals surface area contributed by atoms with Gasteiger partial charge in [-0.25, -0.2) is 0 Å². The Hall–Kier alpha value is -3.27. The molecule has 0 aromatic carbocycles. The number of carbonyl (C=O) groups is 3. The van der Waals surface area contributed by atoms with Crippen molar-refractivity contribution in [1.29, 1.82) is 0 Å². The van der Waals surface area contributed by atoms with Gasteiger partial charge in [-0.05, 0) is 83.5 Å². The summed E-state index contributed by atoms with van der Waals surface area (Å²) in [6.07, 6.45) is 68.0. The molecule has 73 heavy (non-hydrogen) atoms. The number of allylic oxidation sites excluding steroid dienone is 12. The fourth-order valence-corrected chi connectivity index (χ4v) is 8.32. The topological polar surface area (TPSA) is 111 Å². The third-order valence-corrected chi connectivity index (χ3v) is 12.9. The molecule has 0 saturated carbocycles. The second-order valence-corrected chi connectivity index (χ2v) is 21.3. The molecule has 0 aliphatic heterocycles. The highest BCUT2D eigenvalue weighted by atomic mass is 16.7. The Labute approximate surface area is 449 Å². The van der Waals surface area contributed by atoms with Crippen molar-refractivity contribution in [1.82, 2.24) is 0 Å². The van der Waals surface area contributed by atoms with Crippen LogP contribution in [0.5, 0.6) is 0 Å². The highest BCUT2D eigenvalue weighted by Gasteiger charge is 2.22. The smallest absolute Gasteiger partial charge is 0.306 e. The first-order valence-electron chi connectivity index (χ1n) is 30.1. The molecule has 0 heterocycles. The summed E-state index contributed by atoms with van der Waals surface area (Å²) in [5, 5.41) is 11.8. The van der Waals surface area contributed by atoms with Crippen molar-refractivity contribution >= 4 is 17.9 Å². The first-order valence-corrected chi connectivity index (χ1v) is 30.1. The number of nitrogens with zero attached hydrogens (tertiary/aromatic N) is 1. The Kier molecular flexibility index (Phi) is 52.5. The van der Waals surface area contributed by atoms with E-state index in [4.69, 9.17) is 18.9 Å². The molecule has 422 valence electrons. The average Bonchev–Trinajstić information content (AvgIpc) is 3.36. The number of carboxylic acid groups (broad SMARTS) is 1. The minimum Gasteiger partial charge on any atom is -0.545 e. The molecule has 9 heteroatoms. The summed E-state index contributed by atoms with van der Waals surface area (Å²) in [5.41, 5.74) is 0. The number of hydrogen-bond acceptors (Lipinski definition) is 8. The van der Waals surface area contributed by atoms with Crippen molar-refractivity contribution in [3.05, 3.63) is 72.9 Å².